The highest BCUT2D eigenvalue weighted by atomic mass is 32.1. The molecule has 0 radical (unpaired) electrons. The third kappa shape index (κ3) is 5.91. The zero-order valence-electron chi connectivity index (χ0n) is 24.0. The zero-order valence-corrected chi connectivity index (χ0v) is 24.8. The second-order valence-corrected chi connectivity index (χ2v) is 12.0. The Morgan fingerprint density at radius 1 is 1.09 bits per heavy atom. The molecule has 4 heterocycles. The van der Waals surface area contributed by atoms with Crippen LogP contribution in [-0.2, 0) is 25.6 Å². The van der Waals surface area contributed by atoms with Gasteiger partial charge in [-0.3, -0.25) is 9.78 Å². The number of carbonyl (C=O) groups is 3. The number of carbonyl (C=O) groups excluding carboxylic acids is 3. The zero-order chi connectivity index (χ0) is 30.7. The van der Waals surface area contributed by atoms with E-state index in [1.165, 1.54) is 11.3 Å². The first-order chi connectivity index (χ1) is 21.3. The van der Waals surface area contributed by atoms with Gasteiger partial charge in [0.25, 0.3) is 5.91 Å². The number of esters is 1. The molecule has 0 spiro atoms. The van der Waals surface area contributed by atoms with Crippen LogP contribution >= 0.6 is 11.3 Å². The summed E-state index contributed by atoms with van der Waals surface area (Å²) >= 11 is 1.28. The molecule has 2 amide bonds. The molecule has 0 bridgehead atoms. The van der Waals surface area contributed by atoms with Crippen molar-refractivity contribution < 1.29 is 23.9 Å². The van der Waals surface area contributed by atoms with Gasteiger partial charge in [-0.15, -0.1) is 11.3 Å². The number of nitrogen functional groups attached to an aromatic ring is 1. The SMILES string of the molecule is C[C@@]1(COC(=O)NCc2csc(N)n2)CC2/C(=C\c3ccccn3)C(=O)N2[C@H]1C(=O)OC(c1ccccc1)c1ccccc1. The van der Waals surface area contributed by atoms with Crippen molar-refractivity contribution in [2.45, 2.75) is 38.1 Å². The van der Waals surface area contributed by atoms with Crippen LogP contribution in [0.15, 0.2) is 96.0 Å². The summed E-state index contributed by atoms with van der Waals surface area (Å²) in [6.45, 7) is 1.88. The number of nitrogens with two attached hydrogens (primary N) is 1. The number of hydrogen-bond donors (Lipinski definition) is 2. The second kappa shape index (κ2) is 12.3. The lowest BCUT2D eigenvalue weighted by Gasteiger charge is -2.41. The van der Waals surface area contributed by atoms with Gasteiger partial charge in [0.1, 0.15) is 12.6 Å². The van der Waals surface area contributed by atoms with Crippen LogP contribution in [0.4, 0.5) is 9.93 Å². The molecule has 10 nitrogen and oxygen atoms in total. The molecule has 2 aliphatic heterocycles. The van der Waals surface area contributed by atoms with E-state index in [2.05, 4.69) is 15.3 Å². The van der Waals surface area contributed by atoms with Crippen LogP contribution in [0.1, 0.15) is 42.0 Å². The molecule has 1 unspecified atom stereocenters. The average Bonchev–Trinajstić information content (AvgIpc) is 3.60. The Morgan fingerprint density at radius 2 is 1.77 bits per heavy atom. The first kappa shape index (κ1) is 29.1. The van der Waals surface area contributed by atoms with Gasteiger partial charge in [-0.1, -0.05) is 73.7 Å². The van der Waals surface area contributed by atoms with Gasteiger partial charge in [0.2, 0.25) is 0 Å². The lowest BCUT2D eigenvalue weighted by Crippen LogP contribution is -2.58. The molecule has 6 rings (SSSR count). The van der Waals surface area contributed by atoms with Gasteiger partial charge in [-0.2, -0.15) is 0 Å². The molecule has 3 atom stereocenters. The van der Waals surface area contributed by atoms with Crippen LogP contribution in [0.2, 0.25) is 0 Å². The smallest absolute Gasteiger partial charge is 0.407 e. The fourth-order valence-electron chi connectivity index (χ4n) is 5.84. The Morgan fingerprint density at radius 3 is 2.39 bits per heavy atom. The summed E-state index contributed by atoms with van der Waals surface area (Å²) in [5.41, 5.74) is 8.16. The van der Waals surface area contributed by atoms with E-state index in [1.54, 1.807) is 28.6 Å². The lowest BCUT2D eigenvalue weighted by atomic mass is 9.81. The number of ether oxygens (including phenoxy) is 2. The van der Waals surface area contributed by atoms with Gasteiger partial charge in [0, 0.05) is 22.6 Å². The number of nitrogens with one attached hydrogen (secondary N) is 1. The standard InChI is InChI=1S/C33H31N5O5S/c1-33(20-42-32(41)36-18-24-19-44-31(34)37-24)17-26-25(16-23-14-8-9-15-35-23)29(39)38(26)28(33)30(40)43-27(21-10-4-2-5-11-21)22-12-6-3-7-13-22/h2-16,19,26-28H,17-18,20H2,1H3,(H2,34,37)(H,36,41)/b25-16+/t26?,28-,33-/m0/s1. The summed E-state index contributed by atoms with van der Waals surface area (Å²) in [7, 11) is 0. The van der Waals surface area contributed by atoms with E-state index in [-0.39, 0.29) is 25.1 Å². The molecule has 224 valence electrons. The maximum Gasteiger partial charge on any atom is 0.407 e. The van der Waals surface area contributed by atoms with Crippen LogP contribution in [-0.4, -0.2) is 51.5 Å². The monoisotopic (exact) mass is 609 g/mol. The highest BCUT2D eigenvalue weighted by molar-refractivity contribution is 7.13. The minimum absolute atomic E-state index is 0.115. The molecule has 2 saturated heterocycles. The minimum Gasteiger partial charge on any atom is -0.451 e. The molecule has 2 fully saturated rings. The number of fused-ring (bicyclic) bond motifs is 1. The first-order valence-electron chi connectivity index (χ1n) is 14.2. The summed E-state index contributed by atoms with van der Waals surface area (Å²) in [6, 6.07) is 23.0. The normalized spacial score (nSPS) is 21.5. The van der Waals surface area contributed by atoms with Crippen LogP contribution in [0, 0.1) is 5.41 Å². The summed E-state index contributed by atoms with van der Waals surface area (Å²) in [4.78, 5) is 50.4. The highest BCUT2D eigenvalue weighted by Gasteiger charge is 2.63. The second-order valence-electron chi connectivity index (χ2n) is 11.1. The van der Waals surface area contributed by atoms with E-state index in [0.29, 0.717) is 28.5 Å². The fraction of sp³-hybridized carbons (Fsp3) is 0.242. The summed E-state index contributed by atoms with van der Waals surface area (Å²) < 4.78 is 11.9. The van der Waals surface area contributed by atoms with Gasteiger partial charge in [-0.25, -0.2) is 14.6 Å². The third-order valence-electron chi connectivity index (χ3n) is 7.94. The number of aromatic nitrogens is 2. The van der Waals surface area contributed by atoms with Crippen molar-refractivity contribution in [1.29, 1.82) is 0 Å². The number of pyridine rings is 1. The molecule has 44 heavy (non-hydrogen) atoms. The molecular weight excluding hydrogens is 578 g/mol. The summed E-state index contributed by atoms with van der Waals surface area (Å²) in [6.07, 6.45) is 2.45. The first-order valence-corrected chi connectivity index (χ1v) is 15.1. The van der Waals surface area contributed by atoms with Crippen LogP contribution in [0.5, 0.6) is 0 Å². The number of β-lactam (4-membered cyclic amide) rings is 1. The predicted octanol–water partition coefficient (Wildman–Crippen LogP) is 4.75. The van der Waals surface area contributed by atoms with Crippen molar-refractivity contribution in [3.8, 4) is 0 Å². The Hall–Kier alpha value is -5.03. The quantitative estimate of drug-likeness (QED) is 0.158. The van der Waals surface area contributed by atoms with Gasteiger partial charge in [0.15, 0.2) is 11.2 Å². The predicted molar refractivity (Wildman–Crippen MR) is 165 cm³/mol. The highest BCUT2D eigenvalue weighted by Crippen LogP contribution is 2.50. The number of alkyl carbamates (subject to hydrolysis) is 1. The van der Waals surface area contributed by atoms with Crippen LogP contribution in [0.3, 0.4) is 0 Å². The number of rotatable bonds is 9. The van der Waals surface area contributed by atoms with Crippen molar-refractivity contribution in [3.63, 3.8) is 0 Å². The van der Waals surface area contributed by atoms with Gasteiger partial charge in [0.05, 0.1) is 24.0 Å². The van der Waals surface area contributed by atoms with E-state index in [0.717, 1.165) is 11.1 Å². The molecule has 0 saturated carbocycles. The number of amides is 2. The van der Waals surface area contributed by atoms with E-state index in [1.807, 2.05) is 79.7 Å². The maximum absolute atomic E-state index is 14.2. The van der Waals surface area contributed by atoms with Crippen LogP contribution in [0.25, 0.3) is 6.08 Å². The van der Waals surface area contributed by atoms with E-state index in [4.69, 9.17) is 15.2 Å². The molecule has 2 aromatic heterocycles. The van der Waals surface area contributed by atoms with E-state index in [9.17, 15) is 14.4 Å². The Balaban J connectivity index is 1.26. The molecule has 11 heteroatoms. The third-order valence-corrected chi connectivity index (χ3v) is 8.67. The molecule has 2 aromatic carbocycles. The van der Waals surface area contributed by atoms with Crippen LogP contribution < -0.4 is 11.1 Å². The number of nitrogens with zero attached hydrogens (tertiary/aromatic N) is 3. The molecule has 0 aliphatic carbocycles. The largest absolute Gasteiger partial charge is 0.451 e. The van der Waals surface area contributed by atoms with Crippen molar-refractivity contribution in [2.24, 2.45) is 5.41 Å². The Bertz CT molecular complexity index is 1640. The van der Waals surface area contributed by atoms with Gasteiger partial charge >= 0.3 is 12.1 Å². The van der Waals surface area contributed by atoms with Crippen molar-refractivity contribution in [3.05, 3.63) is 119 Å². The Labute approximate surface area is 258 Å². The number of hydrogen-bond acceptors (Lipinski definition) is 9. The Kier molecular flexibility index (Phi) is 8.12. The number of thiazole rings is 1. The minimum atomic E-state index is -0.984. The summed E-state index contributed by atoms with van der Waals surface area (Å²) in [5.74, 6) is -0.840. The van der Waals surface area contributed by atoms with Crippen molar-refractivity contribution in [2.75, 3.05) is 12.3 Å². The molecular formula is C33H31N5O5S. The van der Waals surface area contributed by atoms with Crippen molar-refractivity contribution in [1.82, 2.24) is 20.2 Å². The molecule has 4 aromatic rings. The lowest BCUT2D eigenvalue weighted by molar-refractivity contribution is -0.163. The maximum atomic E-state index is 14.2. The van der Waals surface area contributed by atoms with E-state index < -0.39 is 29.6 Å². The van der Waals surface area contributed by atoms with Crippen molar-refractivity contribution >= 4 is 40.5 Å². The number of benzene rings is 2. The van der Waals surface area contributed by atoms with Gasteiger partial charge < -0.3 is 25.4 Å². The molecule has 2 aliphatic rings. The van der Waals surface area contributed by atoms with E-state index >= 15 is 0 Å². The molecule has 3 N–H and O–H groups in total. The summed E-state index contributed by atoms with van der Waals surface area (Å²) in [5, 5.41) is 4.83. The van der Waals surface area contributed by atoms with Gasteiger partial charge in [-0.05, 0) is 35.8 Å². The topological polar surface area (TPSA) is 137 Å². The number of anilines is 1. The fourth-order valence-corrected chi connectivity index (χ4v) is 6.40. The average molecular weight is 610 g/mol.